The number of carbonyl (C=O) groups is 1. The predicted molar refractivity (Wildman–Crippen MR) is 128 cm³/mol. The van der Waals surface area contributed by atoms with E-state index in [4.69, 9.17) is 4.74 Å². The van der Waals surface area contributed by atoms with Crippen molar-refractivity contribution in [2.45, 2.75) is 24.2 Å². The highest BCUT2D eigenvalue weighted by molar-refractivity contribution is 7.89. The van der Waals surface area contributed by atoms with Crippen LogP contribution in [-0.2, 0) is 20.2 Å². The Morgan fingerprint density at radius 1 is 1.09 bits per heavy atom. The third-order valence-electron chi connectivity index (χ3n) is 6.14. The molecule has 0 aromatic heterocycles. The molecule has 0 saturated carbocycles. The van der Waals surface area contributed by atoms with Gasteiger partial charge in [-0.15, -0.1) is 0 Å². The van der Waals surface area contributed by atoms with E-state index in [1.807, 2.05) is 25.3 Å². The molecule has 2 aromatic rings. The second-order valence-electron chi connectivity index (χ2n) is 8.51. The Morgan fingerprint density at radius 2 is 1.76 bits per heavy atom. The lowest BCUT2D eigenvalue weighted by atomic mass is 9.84. The molecule has 1 amide bonds. The first-order valence-corrected chi connectivity index (χ1v) is 12.2. The Hall–Kier alpha value is -3.01. The lowest BCUT2D eigenvalue weighted by Crippen LogP contribution is -2.40. The fraction of sp³-hybridized carbons (Fsp3) is 0.333. The number of hydrogen-bond acceptors (Lipinski definition) is 6. The summed E-state index contributed by atoms with van der Waals surface area (Å²) >= 11 is 0. The highest BCUT2D eigenvalue weighted by atomic mass is 32.2. The number of nitrogens with one attached hydrogen (secondary N) is 1. The van der Waals surface area contributed by atoms with Crippen LogP contribution in [0.5, 0.6) is 0 Å². The number of fused-ring (bicyclic) bond motifs is 1. The smallest absolute Gasteiger partial charge is 0.271 e. The standard InChI is InChI=1S/C24H28N4O4S/c1-24(2)20-6-4-5-7-21(20)27(3)22(24)12-13-25-26-23(29)18-8-10-19(11-9-18)33(30,31)28-14-16-32-17-15-28/h4-13H,14-17H2,1-3H3,(H,26,29)/b22-12+,25-13-. The number of amides is 1. The molecule has 1 saturated heterocycles. The lowest BCUT2D eigenvalue weighted by Gasteiger charge is -2.26. The molecule has 8 nitrogen and oxygen atoms in total. The number of benzene rings is 2. The molecule has 1 N–H and O–H groups in total. The van der Waals surface area contributed by atoms with Crippen molar-refractivity contribution in [3.63, 3.8) is 0 Å². The fourth-order valence-corrected chi connectivity index (χ4v) is 5.69. The Kier molecular flexibility index (Phi) is 6.38. The zero-order valence-electron chi connectivity index (χ0n) is 19.0. The molecule has 2 heterocycles. The van der Waals surface area contributed by atoms with Gasteiger partial charge in [-0.05, 0) is 42.0 Å². The molecule has 0 radical (unpaired) electrons. The molecule has 4 rings (SSSR count). The van der Waals surface area contributed by atoms with Crippen LogP contribution in [0, 0.1) is 0 Å². The van der Waals surface area contributed by atoms with Crippen molar-refractivity contribution in [1.82, 2.24) is 9.73 Å². The van der Waals surface area contributed by atoms with Gasteiger partial charge in [0.15, 0.2) is 0 Å². The molecule has 9 heteroatoms. The predicted octanol–water partition coefficient (Wildman–Crippen LogP) is 2.73. The van der Waals surface area contributed by atoms with Crippen LogP contribution in [0.4, 0.5) is 5.69 Å². The molecular formula is C24H28N4O4S. The number of allylic oxidation sites excluding steroid dienone is 2. The van der Waals surface area contributed by atoms with Crippen molar-refractivity contribution < 1.29 is 17.9 Å². The molecule has 0 bridgehead atoms. The molecule has 1 fully saturated rings. The maximum atomic E-state index is 12.7. The monoisotopic (exact) mass is 468 g/mol. The van der Waals surface area contributed by atoms with Crippen LogP contribution >= 0.6 is 0 Å². The molecule has 2 aliphatic rings. The lowest BCUT2D eigenvalue weighted by molar-refractivity contribution is 0.0730. The average Bonchev–Trinajstić information content (AvgIpc) is 3.02. The first-order valence-electron chi connectivity index (χ1n) is 10.8. The Labute approximate surface area is 194 Å². The zero-order chi connectivity index (χ0) is 23.6. The summed E-state index contributed by atoms with van der Waals surface area (Å²) in [6.45, 7) is 5.72. The van der Waals surface area contributed by atoms with Crippen molar-refractivity contribution >= 4 is 27.8 Å². The summed E-state index contributed by atoms with van der Waals surface area (Å²) in [5.74, 6) is -0.415. The van der Waals surface area contributed by atoms with Crippen LogP contribution in [0.15, 0.2) is 70.3 Å². The van der Waals surface area contributed by atoms with Gasteiger partial charge in [-0.1, -0.05) is 32.0 Å². The molecule has 2 aliphatic heterocycles. The summed E-state index contributed by atoms with van der Waals surface area (Å²) in [7, 11) is -1.58. The van der Waals surface area contributed by atoms with E-state index >= 15 is 0 Å². The average molecular weight is 469 g/mol. The third-order valence-corrected chi connectivity index (χ3v) is 8.05. The Balaban J connectivity index is 1.41. The molecule has 0 atom stereocenters. The molecule has 33 heavy (non-hydrogen) atoms. The minimum Gasteiger partial charge on any atom is -0.379 e. The van der Waals surface area contributed by atoms with E-state index in [0.717, 1.165) is 11.4 Å². The summed E-state index contributed by atoms with van der Waals surface area (Å²) in [5.41, 5.74) is 6.11. The van der Waals surface area contributed by atoms with Gasteiger partial charge in [0.05, 0.1) is 18.1 Å². The molecule has 0 spiro atoms. The first kappa shape index (κ1) is 23.2. The Bertz CT molecular complexity index is 1200. The van der Waals surface area contributed by atoms with Crippen molar-refractivity contribution in [2.75, 3.05) is 38.3 Å². The topological polar surface area (TPSA) is 91.3 Å². The van der Waals surface area contributed by atoms with Crippen LogP contribution < -0.4 is 10.3 Å². The van der Waals surface area contributed by atoms with Crippen molar-refractivity contribution in [2.24, 2.45) is 5.10 Å². The highest BCUT2D eigenvalue weighted by Gasteiger charge is 2.37. The van der Waals surface area contributed by atoms with Gasteiger partial charge in [-0.3, -0.25) is 4.79 Å². The third kappa shape index (κ3) is 4.44. The van der Waals surface area contributed by atoms with E-state index in [1.165, 1.54) is 34.1 Å². The normalized spacial score (nSPS) is 19.7. The van der Waals surface area contributed by atoms with E-state index < -0.39 is 15.9 Å². The molecule has 0 aliphatic carbocycles. The SMILES string of the molecule is CN1/C(=C/C=N\NC(=O)c2ccc(S(=O)(=O)N3CCOCC3)cc2)C(C)(C)c2ccccc21. The van der Waals surface area contributed by atoms with Crippen LogP contribution in [0.1, 0.15) is 29.8 Å². The van der Waals surface area contributed by atoms with Gasteiger partial charge >= 0.3 is 0 Å². The number of hydrogen-bond donors (Lipinski definition) is 1. The Morgan fingerprint density at radius 3 is 2.42 bits per heavy atom. The van der Waals surface area contributed by atoms with Crippen LogP contribution in [0.2, 0.25) is 0 Å². The summed E-state index contributed by atoms with van der Waals surface area (Å²) in [6, 6.07) is 14.1. The minimum atomic E-state index is -3.59. The van der Waals surface area contributed by atoms with Gasteiger partial charge in [0, 0.05) is 48.7 Å². The van der Waals surface area contributed by atoms with Crippen LogP contribution in [-0.4, -0.2) is 58.2 Å². The zero-order valence-corrected chi connectivity index (χ0v) is 19.8. The number of likely N-dealkylation sites (N-methyl/N-ethyl adjacent to an activating group) is 1. The minimum absolute atomic E-state index is 0.153. The van der Waals surface area contributed by atoms with Gasteiger partial charge in [0.1, 0.15) is 0 Å². The number of hydrazone groups is 1. The fourth-order valence-electron chi connectivity index (χ4n) is 4.28. The van der Waals surface area contributed by atoms with Crippen LogP contribution in [0.3, 0.4) is 0 Å². The van der Waals surface area contributed by atoms with Gasteiger partial charge in [-0.2, -0.15) is 9.41 Å². The van der Waals surface area contributed by atoms with Gasteiger partial charge in [0.25, 0.3) is 5.91 Å². The number of rotatable bonds is 5. The van der Waals surface area contributed by atoms with Gasteiger partial charge in [-0.25, -0.2) is 13.8 Å². The van der Waals surface area contributed by atoms with Gasteiger partial charge in [0.2, 0.25) is 10.0 Å². The maximum absolute atomic E-state index is 12.7. The maximum Gasteiger partial charge on any atom is 0.271 e. The van der Waals surface area contributed by atoms with E-state index in [2.05, 4.69) is 41.4 Å². The molecule has 0 unspecified atom stereocenters. The largest absolute Gasteiger partial charge is 0.379 e. The number of anilines is 1. The van der Waals surface area contributed by atoms with Crippen molar-refractivity contribution in [3.05, 3.63) is 71.4 Å². The van der Waals surface area contributed by atoms with E-state index in [0.29, 0.717) is 31.9 Å². The highest BCUT2D eigenvalue weighted by Crippen LogP contribution is 2.46. The van der Waals surface area contributed by atoms with E-state index in [1.54, 1.807) is 6.21 Å². The molecular weight excluding hydrogens is 440 g/mol. The molecule has 2 aromatic carbocycles. The van der Waals surface area contributed by atoms with Crippen molar-refractivity contribution in [1.29, 1.82) is 0 Å². The summed E-state index contributed by atoms with van der Waals surface area (Å²) < 4.78 is 32.0. The van der Waals surface area contributed by atoms with Crippen LogP contribution in [0.25, 0.3) is 0 Å². The summed E-state index contributed by atoms with van der Waals surface area (Å²) in [6.07, 6.45) is 3.45. The van der Waals surface area contributed by atoms with E-state index in [9.17, 15) is 13.2 Å². The van der Waals surface area contributed by atoms with E-state index in [-0.39, 0.29) is 10.3 Å². The number of ether oxygens (including phenoxy) is 1. The summed E-state index contributed by atoms with van der Waals surface area (Å²) in [4.78, 5) is 14.7. The molecule has 174 valence electrons. The number of morpholine rings is 1. The number of para-hydroxylation sites is 1. The second-order valence-corrected chi connectivity index (χ2v) is 10.5. The number of sulfonamides is 1. The van der Waals surface area contributed by atoms with Crippen molar-refractivity contribution in [3.8, 4) is 0 Å². The first-order chi connectivity index (χ1) is 15.7. The quantitative estimate of drug-likeness (QED) is 0.538. The van der Waals surface area contributed by atoms with Gasteiger partial charge < -0.3 is 9.64 Å². The number of carbonyl (C=O) groups excluding carboxylic acids is 1. The number of nitrogens with zero attached hydrogens (tertiary/aromatic N) is 3. The second kappa shape index (κ2) is 9.09. The summed E-state index contributed by atoms with van der Waals surface area (Å²) in [5, 5.41) is 4.05.